The third-order valence-corrected chi connectivity index (χ3v) is 4.16. The molecule has 0 radical (unpaired) electrons. The van der Waals surface area contributed by atoms with Crippen molar-refractivity contribution in [1.29, 1.82) is 0 Å². The Morgan fingerprint density at radius 1 is 1.26 bits per heavy atom. The summed E-state index contributed by atoms with van der Waals surface area (Å²) >= 11 is 0. The molecule has 0 atom stereocenters. The number of hydrogen-bond acceptors (Lipinski definition) is 3. The largest absolute Gasteiger partial charge is 0.383 e. The molecule has 0 amide bonds. The van der Waals surface area contributed by atoms with Gasteiger partial charge in [-0.25, -0.2) is 0 Å². The van der Waals surface area contributed by atoms with E-state index in [9.17, 15) is 0 Å². The van der Waals surface area contributed by atoms with Gasteiger partial charge in [-0.1, -0.05) is 30.3 Å². The molecular weight excluding hydrogens is 288 g/mol. The molecule has 1 N–H and O–H groups in total. The van der Waals surface area contributed by atoms with Gasteiger partial charge in [-0.15, -0.1) is 0 Å². The van der Waals surface area contributed by atoms with Gasteiger partial charge in [0.1, 0.15) is 0 Å². The van der Waals surface area contributed by atoms with E-state index in [0.717, 1.165) is 44.8 Å². The molecular formula is C18H30N4O. The van der Waals surface area contributed by atoms with Crippen molar-refractivity contribution in [3.63, 3.8) is 0 Å². The first-order chi connectivity index (χ1) is 11.2. The van der Waals surface area contributed by atoms with Crippen molar-refractivity contribution in [2.45, 2.75) is 25.4 Å². The SMILES string of the molecule is CN=C(NCCN(CCOC)C1CC1)N(C)Cc1ccccc1. The van der Waals surface area contributed by atoms with Crippen LogP contribution in [0.4, 0.5) is 0 Å². The molecule has 0 heterocycles. The fraction of sp³-hybridized carbons (Fsp3) is 0.611. The maximum absolute atomic E-state index is 5.21. The van der Waals surface area contributed by atoms with Gasteiger partial charge in [0.2, 0.25) is 0 Å². The van der Waals surface area contributed by atoms with Crippen molar-refractivity contribution in [2.24, 2.45) is 4.99 Å². The molecule has 0 aliphatic heterocycles. The second-order valence-electron chi connectivity index (χ2n) is 6.08. The molecule has 1 aliphatic carbocycles. The molecule has 0 spiro atoms. The quantitative estimate of drug-likeness (QED) is 0.557. The zero-order chi connectivity index (χ0) is 16.5. The predicted molar refractivity (Wildman–Crippen MR) is 95.7 cm³/mol. The van der Waals surface area contributed by atoms with E-state index in [2.05, 4.69) is 51.4 Å². The lowest BCUT2D eigenvalue weighted by molar-refractivity contribution is 0.144. The minimum atomic E-state index is 0.760. The van der Waals surface area contributed by atoms with Gasteiger partial charge >= 0.3 is 0 Å². The Balaban J connectivity index is 1.75. The van der Waals surface area contributed by atoms with Crippen LogP contribution in [-0.2, 0) is 11.3 Å². The number of nitrogens with zero attached hydrogens (tertiary/aromatic N) is 3. The average molecular weight is 318 g/mol. The van der Waals surface area contributed by atoms with Crippen molar-refractivity contribution < 1.29 is 4.74 Å². The molecule has 1 aliphatic rings. The molecule has 1 saturated carbocycles. The minimum Gasteiger partial charge on any atom is -0.383 e. The Bertz CT molecular complexity index is 473. The fourth-order valence-electron chi connectivity index (χ4n) is 2.75. The molecule has 23 heavy (non-hydrogen) atoms. The van der Waals surface area contributed by atoms with E-state index in [4.69, 9.17) is 4.74 Å². The maximum atomic E-state index is 5.21. The van der Waals surface area contributed by atoms with Crippen LogP contribution in [0.5, 0.6) is 0 Å². The first-order valence-corrected chi connectivity index (χ1v) is 8.43. The summed E-state index contributed by atoms with van der Waals surface area (Å²) in [6.07, 6.45) is 2.65. The van der Waals surface area contributed by atoms with Crippen molar-refractivity contribution in [1.82, 2.24) is 15.1 Å². The van der Waals surface area contributed by atoms with E-state index in [-0.39, 0.29) is 0 Å². The van der Waals surface area contributed by atoms with Crippen LogP contribution in [0.3, 0.4) is 0 Å². The van der Waals surface area contributed by atoms with Gasteiger partial charge in [0.25, 0.3) is 0 Å². The topological polar surface area (TPSA) is 40.1 Å². The summed E-state index contributed by atoms with van der Waals surface area (Å²) in [5.74, 6) is 0.941. The highest BCUT2D eigenvalue weighted by molar-refractivity contribution is 5.79. The van der Waals surface area contributed by atoms with E-state index in [1.165, 1.54) is 18.4 Å². The monoisotopic (exact) mass is 318 g/mol. The number of methoxy groups -OCH3 is 1. The van der Waals surface area contributed by atoms with E-state index >= 15 is 0 Å². The van der Waals surface area contributed by atoms with Crippen LogP contribution in [-0.4, -0.2) is 69.2 Å². The van der Waals surface area contributed by atoms with Gasteiger partial charge in [0, 0.05) is 53.4 Å². The Kier molecular flexibility index (Phi) is 7.36. The normalized spacial score (nSPS) is 15.0. The highest BCUT2D eigenvalue weighted by atomic mass is 16.5. The van der Waals surface area contributed by atoms with Crippen LogP contribution in [0.25, 0.3) is 0 Å². The highest BCUT2D eigenvalue weighted by Crippen LogP contribution is 2.25. The number of benzene rings is 1. The van der Waals surface area contributed by atoms with Crippen LogP contribution in [0.15, 0.2) is 35.3 Å². The van der Waals surface area contributed by atoms with Crippen LogP contribution in [0.2, 0.25) is 0 Å². The van der Waals surface area contributed by atoms with Crippen LogP contribution in [0.1, 0.15) is 18.4 Å². The number of ether oxygens (including phenoxy) is 1. The maximum Gasteiger partial charge on any atom is 0.193 e. The molecule has 1 fully saturated rings. The Labute approximate surface area is 140 Å². The molecule has 1 aromatic carbocycles. The van der Waals surface area contributed by atoms with Gasteiger partial charge in [-0.2, -0.15) is 0 Å². The highest BCUT2D eigenvalue weighted by Gasteiger charge is 2.28. The molecule has 2 rings (SSSR count). The smallest absolute Gasteiger partial charge is 0.193 e. The molecule has 5 heteroatoms. The zero-order valence-corrected chi connectivity index (χ0v) is 14.7. The lowest BCUT2D eigenvalue weighted by Gasteiger charge is -2.25. The van der Waals surface area contributed by atoms with Crippen molar-refractivity contribution in [3.05, 3.63) is 35.9 Å². The summed E-state index contributed by atoms with van der Waals surface area (Å²) in [5.41, 5.74) is 1.29. The molecule has 0 unspecified atom stereocenters. The van der Waals surface area contributed by atoms with E-state index < -0.39 is 0 Å². The Morgan fingerprint density at radius 2 is 2.00 bits per heavy atom. The standard InChI is InChI=1S/C18H30N4O/c1-19-18(21(2)15-16-7-5-4-6-8-16)20-11-12-22(13-14-23-3)17-9-10-17/h4-8,17H,9-15H2,1-3H3,(H,19,20). The number of rotatable bonds is 9. The Morgan fingerprint density at radius 3 is 2.61 bits per heavy atom. The molecule has 5 nitrogen and oxygen atoms in total. The molecule has 0 saturated heterocycles. The lowest BCUT2D eigenvalue weighted by atomic mass is 10.2. The summed E-state index contributed by atoms with van der Waals surface area (Å²) in [5, 5.41) is 3.47. The predicted octanol–water partition coefficient (Wildman–Crippen LogP) is 1.80. The third kappa shape index (κ3) is 6.20. The number of aliphatic imine (C=N–C) groups is 1. The van der Waals surface area contributed by atoms with E-state index in [0.29, 0.717) is 0 Å². The van der Waals surface area contributed by atoms with Gasteiger partial charge in [0.15, 0.2) is 5.96 Å². The van der Waals surface area contributed by atoms with E-state index in [1.54, 1.807) is 7.11 Å². The molecule has 0 bridgehead atoms. The van der Waals surface area contributed by atoms with Gasteiger partial charge < -0.3 is 15.0 Å². The van der Waals surface area contributed by atoms with Gasteiger partial charge in [-0.3, -0.25) is 9.89 Å². The Hall–Kier alpha value is -1.59. The molecule has 1 aromatic rings. The number of hydrogen-bond donors (Lipinski definition) is 1. The summed E-state index contributed by atoms with van der Waals surface area (Å²) < 4.78 is 5.21. The third-order valence-electron chi connectivity index (χ3n) is 4.16. The average Bonchev–Trinajstić information content (AvgIpc) is 3.40. The second kappa shape index (κ2) is 9.53. The van der Waals surface area contributed by atoms with Crippen molar-refractivity contribution in [2.75, 3.05) is 47.4 Å². The van der Waals surface area contributed by atoms with Gasteiger partial charge in [0.05, 0.1) is 6.61 Å². The van der Waals surface area contributed by atoms with Gasteiger partial charge in [-0.05, 0) is 18.4 Å². The first-order valence-electron chi connectivity index (χ1n) is 8.43. The van der Waals surface area contributed by atoms with Crippen LogP contribution < -0.4 is 5.32 Å². The summed E-state index contributed by atoms with van der Waals surface area (Å²) in [7, 11) is 5.68. The number of guanidine groups is 1. The molecule has 128 valence electrons. The zero-order valence-electron chi connectivity index (χ0n) is 14.7. The van der Waals surface area contributed by atoms with Crippen LogP contribution in [0, 0.1) is 0 Å². The molecule has 0 aromatic heterocycles. The van der Waals surface area contributed by atoms with Crippen molar-refractivity contribution >= 4 is 5.96 Å². The van der Waals surface area contributed by atoms with Crippen LogP contribution >= 0.6 is 0 Å². The minimum absolute atomic E-state index is 0.760. The van der Waals surface area contributed by atoms with E-state index in [1.807, 2.05) is 13.1 Å². The number of nitrogens with one attached hydrogen (secondary N) is 1. The summed E-state index contributed by atoms with van der Waals surface area (Å²) in [4.78, 5) is 9.07. The summed E-state index contributed by atoms with van der Waals surface area (Å²) in [6.45, 7) is 4.62. The lowest BCUT2D eigenvalue weighted by Crippen LogP contribution is -2.43. The summed E-state index contributed by atoms with van der Waals surface area (Å²) in [6, 6.07) is 11.2. The second-order valence-corrected chi connectivity index (χ2v) is 6.08. The first kappa shape index (κ1) is 17.8. The van der Waals surface area contributed by atoms with Crippen molar-refractivity contribution in [3.8, 4) is 0 Å². The fourth-order valence-corrected chi connectivity index (χ4v) is 2.75.